The van der Waals surface area contributed by atoms with Gasteiger partial charge in [0.2, 0.25) is 0 Å². The molecule has 0 radical (unpaired) electrons. The van der Waals surface area contributed by atoms with E-state index < -0.39 is 0 Å². The highest BCUT2D eigenvalue weighted by Gasteiger charge is 2.48. The molecular weight excluding hydrogens is 846 g/mol. The van der Waals surface area contributed by atoms with Crippen molar-refractivity contribution in [3.63, 3.8) is 0 Å². The summed E-state index contributed by atoms with van der Waals surface area (Å²) in [6.45, 7) is 42.4. The van der Waals surface area contributed by atoms with Gasteiger partial charge in [0.05, 0.1) is 5.69 Å². The van der Waals surface area contributed by atoms with E-state index >= 15 is 0 Å². The molecule has 0 atom stereocenters. The molecule has 2 aliphatic rings. The fourth-order valence-electron chi connectivity index (χ4n) is 11.2. The van der Waals surface area contributed by atoms with Crippen LogP contribution in [0.1, 0.15) is 158 Å². The Morgan fingerprint density at radius 3 is 1.01 bits per heavy atom. The number of hydrogen-bond acceptors (Lipinski definition) is 3. The molecule has 0 aliphatic carbocycles. The number of nitrogens with zero attached hydrogens (tertiary/aromatic N) is 3. The van der Waals surface area contributed by atoms with E-state index in [1.54, 1.807) is 0 Å². The summed E-state index contributed by atoms with van der Waals surface area (Å²) in [5.74, 6) is 0. The lowest BCUT2D eigenvalue weighted by Gasteiger charge is -2.48. The van der Waals surface area contributed by atoms with Gasteiger partial charge >= 0.3 is 0 Å². The average Bonchev–Trinajstić information content (AvgIpc) is 3.27. The second-order valence-electron chi connectivity index (χ2n) is 26.5. The maximum Gasteiger partial charge on any atom is 0.252 e. The molecule has 0 saturated carbocycles. The molecule has 0 spiro atoms. The van der Waals surface area contributed by atoms with Crippen LogP contribution in [0.25, 0.3) is 0 Å². The summed E-state index contributed by atoms with van der Waals surface area (Å²) in [5, 5.41) is 0. The predicted octanol–water partition coefficient (Wildman–Crippen LogP) is 17.0. The molecule has 0 fully saturated rings. The van der Waals surface area contributed by atoms with Crippen LogP contribution in [-0.2, 0) is 32.5 Å². The predicted molar refractivity (Wildman–Crippen MR) is 307 cm³/mol. The van der Waals surface area contributed by atoms with Gasteiger partial charge in [-0.2, -0.15) is 0 Å². The number of rotatable bonds is 5. The summed E-state index contributed by atoms with van der Waals surface area (Å²) >= 11 is 0. The van der Waals surface area contributed by atoms with E-state index in [1.165, 1.54) is 83.9 Å². The van der Waals surface area contributed by atoms with Crippen molar-refractivity contribution in [2.45, 2.75) is 157 Å². The Morgan fingerprint density at radius 1 is 0.314 bits per heavy atom. The van der Waals surface area contributed by atoms with Gasteiger partial charge < -0.3 is 14.7 Å². The zero-order valence-electron chi connectivity index (χ0n) is 45.8. The molecule has 4 heteroatoms. The SMILES string of the molecule is CC(C)(C)c1cccc(N(c2cccc(C(C)(C)C)c2)c2cc3c4c(c2)N(c2ccccc2C(C)(C)C)c2c(cccc2C(C)(C)C)B4c2cccc(C(C)(C)C)c2N3c2ccccc2C(C)(C)C)c1. The fraction of sp³-hybridized carbons (Fsp3) is 0.364. The number of benzene rings is 7. The first-order chi connectivity index (χ1) is 32.6. The number of hydrogen-bond donors (Lipinski definition) is 0. The Morgan fingerprint density at radius 2 is 0.657 bits per heavy atom. The van der Waals surface area contributed by atoms with Gasteiger partial charge in [0.25, 0.3) is 6.71 Å². The summed E-state index contributed by atoms with van der Waals surface area (Å²) in [6, 6.07) is 56.4. The molecule has 0 aromatic heterocycles. The van der Waals surface area contributed by atoms with Crippen LogP contribution in [0, 0.1) is 0 Å². The van der Waals surface area contributed by atoms with Gasteiger partial charge in [-0.1, -0.05) is 222 Å². The standard InChI is InChI=1S/C66H78BN3/c1-61(2,3)43-27-23-29-45(39-43)68(46-30-24-28-44(40-46)62(4,5)6)47-41-56-58-57(42-47)70(55-38-22-20-32-49(55)64(10,11)12)60-51(66(16,17)18)34-26-36-53(60)67(58)52-35-25-33-50(65(13,14)15)59(52)69(56)54-37-21-19-31-48(54)63(7,8)9/h19-42H,1-18H3. The first-order valence-electron chi connectivity index (χ1n) is 25.8. The van der Waals surface area contributed by atoms with Crippen molar-refractivity contribution in [2.75, 3.05) is 14.7 Å². The molecule has 0 N–H and O–H groups in total. The van der Waals surface area contributed by atoms with Crippen molar-refractivity contribution in [1.29, 1.82) is 0 Å². The minimum atomic E-state index is -0.159. The summed E-state index contributed by atoms with van der Waals surface area (Å²) in [4.78, 5) is 7.93. The smallest absolute Gasteiger partial charge is 0.252 e. The van der Waals surface area contributed by atoms with Crippen LogP contribution in [0.4, 0.5) is 51.2 Å². The Bertz CT molecular complexity index is 2920. The highest BCUT2D eigenvalue weighted by Crippen LogP contribution is 2.53. The van der Waals surface area contributed by atoms with Gasteiger partial charge in [-0.3, -0.25) is 0 Å². The third-order valence-corrected chi connectivity index (χ3v) is 14.8. The highest BCUT2D eigenvalue weighted by molar-refractivity contribution is 7.00. The largest absolute Gasteiger partial charge is 0.311 e. The van der Waals surface area contributed by atoms with Crippen LogP contribution >= 0.6 is 0 Å². The van der Waals surface area contributed by atoms with E-state index in [4.69, 9.17) is 0 Å². The summed E-state index contributed by atoms with van der Waals surface area (Å²) in [6.07, 6.45) is 0. The minimum Gasteiger partial charge on any atom is -0.311 e. The molecule has 2 heterocycles. The maximum absolute atomic E-state index is 2.69. The van der Waals surface area contributed by atoms with E-state index in [1.807, 2.05) is 0 Å². The minimum absolute atomic E-state index is 0.0355. The third-order valence-electron chi connectivity index (χ3n) is 14.8. The van der Waals surface area contributed by atoms with Gasteiger partial charge in [-0.25, -0.2) is 0 Å². The van der Waals surface area contributed by atoms with Crippen molar-refractivity contribution >= 4 is 74.3 Å². The molecule has 0 unspecified atom stereocenters. The Hall–Kier alpha value is -6.00. The lowest BCUT2D eigenvalue weighted by atomic mass is 9.33. The number of fused-ring (bicyclic) bond motifs is 4. The third kappa shape index (κ3) is 8.58. The van der Waals surface area contributed by atoms with E-state index in [2.05, 4.69) is 285 Å². The van der Waals surface area contributed by atoms with E-state index in [-0.39, 0.29) is 39.2 Å². The Kier molecular flexibility index (Phi) is 11.8. The van der Waals surface area contributed by atoms with Gasteiger partial charge in [0.15, 0.2) is 0 Å². The molecule has 3 nitrogen and oxygen atoms in total. The molecule has 7 aromatic rings. The zero-order chi connectivity index (χ0) is 50.7. The number of anilines is 9. The monoisotopic (exact) mass is 924 g/mol. The lowest BCUT2D eigenvalue weighted by molar-refractivity contribution is 0.587. The van der Waals surface area contributed by atoms with Gasteiger partial charge in [-0.05, 0) is 131 Å². The molecule has 0 amide bonds. The molecule has 0 saturated heterocycles. The van der Waals surface area contributed by atoms with Crippen LogP contribution in [-0.4, -0.2) is 6.71 Å². The topological polar surface area (TPSA) is 9.72 Å². The van der Waals surface area contributed by atoms with Crippen LogP contribution in [0.2, 0.25) is 0 Å². The fourth-order valence-corrected chi connectivity index (χ4v) is 11.2. The maximum atomic E-state index is 2.69. The normalized spacial score (nSPS) is 14.1. The van der Waals surface area contributed by atoms with Crippen molar-refractivity contribution in [1.82, 2.24) is 0 Å². The van der Waals surface area contributed by atoms with Crippen molar-refractivity contribution in [3.8, 4) is 0 Å². The molecule has 70 heavy (non-hydrogen) atoms. The zero-order valence-corrected chi connectivity index (χ0v) is 45.8. The quantitative estimate of drug-likeness (QED) is 0.159. The molecule has 9 rings (SSSR count). The first kappa shape index (κ1) is 49.0. The van der Waals surface area contributed by atoms with Crippen molar-refractivity contribution in [2.24, 2.45) is 0 Å². The van der Waals surface area contributed by atoms with Gasteiger partial charge in [0, 0.05) is 45.5 Å². The van der Waals surface area contributed by atoms with Crippen molar-refractivity contribution < 1.29 is 0 Å². The van der Waals surface area contributed by atoms with Crippen LogP contribution in [0.5, 0.6) is 0 Å². The van der Waals surface area contributed by atoms with E-state index in [9.17, 15) is 0 Å². The highest BCUT2D eigenvalue weighted by atomic mass is 15.2. The number of para-hydroxylation sites is 4. The lowest BCUT2D eigenvalue weighted by Crippen LogP contribution is -2.62. The Balaban J connectivity index is 1.54. The Labute approximate surface area is 423 Å². The van der Waals surface area contributed by atoms with Crippen LogP contribution < -0.4 is 31.1 Å². The molecule has 7 aromatic carbocycles. The molecule has 2 aliphatic heterocycles. The van der Waals surface area contributed by atoms with E-state index in [0.29, 0.717) is 0 Å². The molecule has 360 valence electrons. The van der Waals surface area contributed by atoms with Crippen LogP contribution in [0.3, 0.4) is 0 Å². The van der Waals surface area contributed by atoms with E-state index in [0.717, 1.165) is 17.1 Å². The molecular formula is C66H78BN3. The second-order valence-corrected chi connectivity index (χ2v) is 26.5. The first-order valence-corrected chi connectivity index (χ1v) is 25.8. The van der Waals surface area contributed by atoms with Crippen LogP contribution in [0.15, 0.2) is 146 Å². The van der Waals surface area contributed by atoms with Gasteiger partial charge in [-0.15, -0.1) is 0 Å². The van der Waals surface area contributed by atoms with Gasteiger partial charge in [0.1, 0.15) is 0 Å². The summed E-state index contributed by atoms with van der Waals surface area (Å²) < 4.78 is 0. The van der Waals surface area contributed by atoms with Crippen molar-refractivity contribution in [3.05, 3.63) is 179 Å². The summed E-state index contributed by atoms with van der Waals surface area (Å²) in [7, 11) is 0. The summed E-state index contributed by atoms with van der Waals surface area (Å²) in [5.41, 5.74) is 22.1. The second kappa shape index (κ2) is 16.8. The molecule has 0 bridgehead atoms. The average molecular weight is 924 g/mol.